The minimum atomic E-state index is -0.526. The molecule has 0 aliphatic rings. The number of ether oxygens (including phenoxy) is 1. The lowest BCUT2D eigenvalue weighted by atomic mass is 10.1. The third-order valence-corrected chi connectivity index (χ3v) is 4.63. The second-order valence-electron chi connectivity index (χ2n) is 6.60. The Kier molecular flexibility index (Phi) is 5.26. The monoisotopic (exact) mass is 403 g/mol. The molecule has 0 aliphatic carbocycles. The molecule has 0 fully saturated rings. The van der Waals surface area contributed by atoms with Crippen molar-refractivity contribution in [2.45, 2.75) is 6.54 Å². The van der Waals surface area contributed by atoms with Crippen LogP contribution in [-0.2, 0) is 11.3 Å². The largest absolute Gasteiger partial charge is 0.497 e. The summed E-state index contributed by atoms with van der Waals surface area (Å²) in [6.07, 6.45) is 0. The van der Waals surface area contributed by atoms with Gasteiger partial charge in [-0.25, -0.2) is 9.37 Å². The van der Waals surface area contributed by atoms with E-state index in [0.29, 0.717) is 22.3 Å². The minimum Gasteiger partial charge on any atom is -0.497 e. The Morgan fingerprint density at radius 2 is 1.83 bits per heavy atom. The first-order valence-electron chi connectivity index (χ1n) is 9.25. The molecule has 150 valence electrons. The highest BCUT2D eigenvalue weighted by atomic mass is 19.1. The minimum absolute atomic E-state index is 0.0950. The van der Waals surface area contributed by atoms with Gasteiger partial charge in [0, 0.05) is 11.8 Å². The normalized spacial score (nSPS) is 10.7. The fourth-order valence-electron chi connectivity index (χ4n) is 3.21. The molecule has 0 aliphatic heterocycles. The molecule has 0 atom stereocenters. The van der Waals surface area contributed by atoms with Gasteiger partial charge in [0.1, 0.15) is 23.9 Å². The van der Waals surface area contributed by atoms with Crippen LogP contribution < -0.4 is 15.6 Å². The van der Waals surface area contributed by atoms with Crippen LogP contribution in [0.15, 0.2) is 77.6 Å². The van der Waals surface area contributed by atoms with Gasteiger partial charge >= 0.3 is 0 Å². The number of nitrogens with one attached hydrogen (secondary N) is 1. The predicted molar refractivity (Wildman–Crippen MR) is 113 cm³/mol. The Labute approximate surface area is 171 Å². The van der Waals surface area contributed by atoms with E-state index in [1.807, 2.05) is 0 Å². The maximum absolute atomic E-state index is 14.5. The topological polar surface area (TPSA) is 73.2 Å². The molecule has 4 aromatic rings. The number of methoxy groups -OCH3 is 1. The summed E-state index contributed by atoms with van der Waals surface area (Å²) in [5.74, 6) is -0.288. The number of hydrogen-bond donors (Lipinski definition) is 1. The Morgan fingerprint density at radius 3 is 2.63 bits per heavy atom. The fourth-order valence-corrected chi connectivity index (χ4v) is 3.21. The van der Waals surface area contributed by atoms with Crippen molar-refractivity contribution in [1.82, 2.24) is 9.55 Å². The van der Waals surface area contributed by atoms with E-state index in [0.717, 1.165) is 0 Å². The van der Waals surface area contributed by atoms with Gasteiger partial charge in [-0.1, -0.05) is 30.3 Å². The number of benzene rings is 3. The summed E-state index contributed by atoms with van der Waals surface area (Å²) in [5, 5.41) is 3.09. The molecule has 1 heterocycles. The second kappa shape index (κ2) is 8.16. The summed E-state index contributed by atoms with van der Waals surface area (Å²) >= 11 is 0. The van der Waals surface area contributed by atoms with E-state index in [1.165, 1.54) is 23.8 Å². The van der Waals surface area contributed by atoms with E-state index in [9.17, 15) is 14.0 Å². The molecule has 0 saturated heterocycles. The number of amides is 1. The van der Waals surface area contributed by atoms with Crippen LogP contribution in [0.2, 0.25) is 0 Å². The summed E-state index contributed by atoms with van der Waals surface area (Å²) in [7, 11) is 1.53. The van der Waals surface area contributed by atoms with Gasteiger partial charge in [0.2, 0.25) is 5.91 Å². The first-order chi connectivity index (χ1) is 14.6. The zero-order chi connectivity index (χ0) is 21.1. The average Bonchev–Trinajstić information content (AvgIpc) is 2.76. The van der Waals surface area contributed by atoms with Gasteiger partial charge < -0.3 is 10.1 Å². The highest BCUT2D eigenvalue weighted by molar-refractivity contribution is 5.91. The van der Waals surface area contributed by atoms with Crippen molar-refractivity contribution in [2.75, 3.05) is 12.4 Å². The average molecular weight is 403 g/mol. The van der Waals surface area contributed by atoms with Crippen LogP contribution in [0.5, 0.6) is 5.75 Å². The molecule has 1 N–H and O–H groups in total. The molecule has 0 spiro atoms. The molecule has 0 bridgehead atoms. The number of carbonyl (C=O) groups is 1. The van der Waals surface area contributed by atoms with Crippen LogP contribution in [0.4, 0.5) is 10.1 Å². The first kappa shape index (κ1) is 19.3. The summed E-state index contributed by atoms with van der Waals surface area (Å²) in [6, 6.07) is 19.7. The fraction of sp³-hybridized carbons (Fsp3) is 0.0870. The Bertz CT molecular complexity index is 1300. The maximum Gasteiger partial charge on any atom is 0.262 e. The predicted octanol–water partition coefficient (Wildman–Crippen LogP) is 3.85. The molecule has 0 radical (unpaired) electrons. The lowest BCUT2D eigenvalue weighted by Gasteiger charge is -2.14. The molecule has 3 aromatic carbocycles. The molecular weight excluding hydrogens is 385 g/mol. The molecule has 7 heteroatoms. The summed E-state index contributed by atoms with van der Waals surface area (Å²) in [6.45, 7) is -0.322. The van der Waals surface area contributed by atoms with Crippen molar-refractivity contribution in [3.05, 3.63) is 89.0 Å². The molecule has 30 heavy (non-hydrogen) atoms. The van der Waals surface area contributed by atoms with Gasteiger partial charge in [0.25, 0.3) is 5.56 Å². The number of para-hydroxylation sites is 1. The molecule has 0 unspecified atom stereocenters. The number of carbonyl (C=O) groups excluding carboxylic acids is 1. The Morgan fingerprint density at radius 1 is 1.07 bits per heavy atom. The van der Waals surface area contributed by atoms with Crippen molar-refractivity contribution in [3.63, 3.8) is 0 Å². The van der Waals surface area contributed by atoms with Gasteiger partial charge in [-0.15, -0.1) is 0 Å². The van der Waals surface area contributed by atoms with E-state index in [1.54, 1.807) is 60.7 Å². The summed E-state index contributed by atoms with van der Waals surface area (Å²) in [4.78, 5) is 30.3. The highest BCUT2D eigenvalue weighted by Crippen LogP contribution is 2.22. The molecule has 1 amide bonds. The lowest BCUT2D eigenvalue weighted by Crippen LogP contribution is -2.30. The number of fused-ring (bicyclic) bond motifs is 1. The standard InChI is InChI=1S/C23H18FN3O3/c1-30-16-8-6-7-15(13-16)25-21(28)14-27-22(17-9-2-4-11-19(17)24)26-20-12-5-3-10-18(20)23(27)29/h2-13H,14H2,1H3,(H,25,28). The number of rotatable bonds is 5. The van der Waals surface area contributed by atoms with Gasteiger partial charge in [-0.2, -0.15) is 0 Å². The van der Waals surface area contributed by atoms with Gasteiger partial charge in [-0.05, 0) is 36.4 Å². The van der Waals surface area contributed by atoms with Crippen LogP contribution in [-0.4, -0.2) is 22.6 Å². The molecular formula is C23H18FN3O3. The highest BCUT2D eigenvalue weighted by Gasteiger charge is 2.18. The van der Waals surface area contributed by atoms with Gasteiger partial charge in [0.05, 0.1) is 23.6 Å². The number of aromatic nitrogens is 2. The zero-order valence-corrected chi connectivity index (χ0v) is 16.1. The molecule has 6 nitrogen and oxygen atoms in total. The SMILES string of the molecule is COc1cccc(NC(=O)Cn2c(-c3ccccc3F)nc3ccccc3c2=O)c1. The number of halogens is 1. The van der Waals surface area contributed by atoms with Crippen molar-refractivity contribution in [3.8, 4) is 17.1 Å². The third-order valence-electron chi connectivity index (χ3n) is 4.63. The Balaban J connectivity index is 1.78. The van der Waals surface area contributed by atoms with Crippen LogP contribution in [0.3, 0.4) is 0 Å². The number of anilines is 1. The van der Waals surface area contributed by atoms with Crippen LogP contribution in [0, 0.1) is 5.82 Å². The van der Waals surface area contributed by atoms with Gasteiger partial charge in [0.15, 0.2) is 0 Å². The molecule has 4 rings (SSSR count). The van der Waals surface area contributed by atoms with Crippen molar-refractivity contribution >= 4 is 22.5 Å². The summed E-state index contributed by atoms with van der Waals surface area (Å²) < 4.78 is 20.8. The number of nitrogens with zero attached hydrogens (tertiary/aromatic N) is 2. The van der Waals surface area contributed by atoms with Crippen molar-refractivity contribution < 1.29 is 13.9 Å². The summed E-state index contributed by atoms with van der Waals surface area (Å²) in [5.41, 5.74) is 0.688. The van der Waals surface area contributed by atoms with E-state index >= 15 is 0 Å². The molecule has 1 aromatic heterocycles. The van der Waals surface area contributed by atoms with E-state index < -0.39 is 17.3 Å². The lowest BCUT2D eigenvalue weighted by molar-refractivity contribution is -0.116. The quantitative estimate of drug-likeness (QED) is 0.549. The number of hydrogen-bond acceptors (Lipinski definition) is 4. The van der Waals surface area contributed by atoms with Crippen molar-refractivity contribution in [2.24, 2.45) is 0 Å². The van der Waals surface area contributed by atoms with E-state index in [-0.39, 0.29) is 17.9 Å². The second-order valence-corrected chi connectivity index (χ2v) is 6.60. The van der Waals surface area contributed by atoms with Crippen LogP contribution in [0.25, 0.3) is 22.3 Å². The van der Waals surface area contributed by atoms with Crippen molar-refractivity contribution in [1.29, 1.82) is 0 Å². The maximum atomic E-state index is 14.5. The van der Waals surface area contributed by atoms with Gasteiger partial charge in [-0.3, -0.25) is 14.2 Å². The third kappa shape index (κ3) is 3.77. The smallest absolute Gasteiger partial charge is 0.262 e. The zero-order valence-electron chi connectivity index (χ0n) is 16.1. The molecule has 0 saturated carbocycles. The first-order valence-corrected chi connectivity index (χ1v) is 9.25. The van der Waals surface area contributed by atoms with E-state index in [2.05, 4.69) is 10.3 Å². The van der Waals surface area contributed by atoms with Crippen LogP contribution >= 0.6 is 0 Å². The van der Waals surface area contributed by atoms with Crippen LogP contribution in [0.1, 0.15) is 0 Å². The van der Waals surface area contributed by atoms with E-state index in [4.69, 9.17) is 4.74 Å². The Hall–Kier alpha value is -4.00.